The van der Waals surface area contributed by atoms with Gasteiger partial charge < -0.3 is 10.5 Å². The molecule has 1 atom stereocenters. The van der Waals surface area contributed by atoms with Crippen LogP contribution in [0.2, 0.25) is 0 Å². The molecule has 4 heteroatoms. The molecule has 0 aromatic carbocycles. The minimum atomic E-state index is -0.0789. The molecule has 1 rings (SSSR count). The second-order valence-electron chi connectivity index (χ2n) is 2.43. The first-order chi connectivity index (χ1) is 5.15. The first-order valence-electron chi connectivity index (χ1n) is 3.33. The monoisotopic (exact) mass is 170 g/mol. The highest BCUT2D eigenvalue weighted by Gasteiger charge is 2.11. The Morgan fingerprint density at radius 1 is 1.73 bits per heavy atom. The second-order valence-corrected chi connectivity index (χ2v) is 3.49. The lowest BCUT2D eigenvalue weighted by Gasteiger charge is -1.97. The first-order valence-corrected chi connectivity index (χ1v) is 4.15. The van der Waals surface area contributed by atoms with Crippen LogP contribution in [-0.4, -0.2) is 11.3 Å². The van der Waals surface area contributed by atoms with Crippen LogP contribution in [0.4, 0.5) is 5.13 Å². The molecule has 0 saturated carbocycles. The quantitative estimate of drug-likeness (QED) is 0.681. The average Bonchev–Trinajstić information content (AvgIpc) is 2.28. The van der Waals surface area contributed by atoms with Crippen LogP contribution in [0.15, 0.2) is 0 Å². The molecule has 0 bridgehead atoms. The lowest BCUT2D eigenvalue weighted by atomic mass is 10.1. The summed E-state index contributed by atoms with van der Waals surface area (Å²) >= 11 is 1.38. The highest BCUT2D eigenvalue weighted by molar-refractivity contribution is 7.15. The molecule has 3 nitrogen and oxygen atoms in total. The summed E-state index contributed by atoms with van der Waals surface area (Å²) in [5.74, 6) is -0.0789. The molecule has 1 unspecified atom stereocenters. The van der Waals surface area contributed by atoms with E-state index in [-0.39, 0.29) is 5.92 Å². The van der Waals surface area contributed by atoms with Crippen molar-refractivity contribution < 1.29 is 4.79 Å². The van der Waals surface area contributed by atoms with Crippen molar-refractivity contribution in [2.75, 3.05) is 5.73 Å². The van der Waals surface area contributed by atoms with Gasteiger partial charge in [-0.1, -0.05) is 6.92 Å². The van der Waals surface area contributed by atoms with Crippen molar-refractivity contribution in [1.29, 1.82) is 0 Å². The van der Waals surface area contributed by atoms with Gasteiger partial charge in [-0.05, 0) is 6.92 Å². The van der Waals surface area contributed by atoms with Gasteiger partial charge in [0.2, 0.25) is 0 Å². The predicted octanol–water partition coefficient (Wildman–Crippen LogP) is 1.34. The smallest absolute Gasteiger partial charge is 0.180 e. The Kier molecular flexibility index (Phi) is 2.24. The fourth-order valence-electron chi connectivity index (χ4n) is 0.914. The average molecular weight is 170 g/mol. The van der Waals surface area contributed by atoms with Crippen LogP contribution in [0.1, 0.15) is 23.4 Å². The Labute approximate surface area is 69.3 Å². The van der Waals surface area contributed by atoms with Crippen molar-refractivity contribution in [3.8, 4) is 0 Å². The maximum Gasteiger partial charge on any atom is 0.180 e. The highest BCUT2D eigenvalue weighted by Crippen LogP contribution is 2.26. The summed E-state index contributed by atoms with van der Waals surface area (Å²) in [6.45, 7) is 3.70. The third-order valence-electron chi connectivity index (χ3n) is 1.47. The van der Waals surface area contributed by atoms with E-state index in [1.54, 1.807) is 0 Å². The molecule has 0 aliphatic heterocycles. The van der Waals surface area contributed by atoms with Gasteiger partial charge in [0, 0.05) is 10.8 Å². The number of hydrogen-bond donors (Lipinski definition) is 1. The molecule has 11 heavy (non-hydrogen) atoms. The highest BCUT2D eigenvalue weighted by atomic mass is 32.1. The van der Waals surface area contributed by atoms with Gasteiger partial charge in [0.05, 0.1) is 5.69 Å². The minimum absolute atomic E-state index is 0.0789. The van der Waals surface area contributed by atoms with Gasteiger partial charge in [-0.2, -0.15) is 0 Å². The van der Waals surface area contributed by atoms with Crippen molar-refractivity contribution >= 4 is 22.8 Å². The molecule has 0 aliphatic rings. The molecule has 2 N–H and O–H groups in total. The zero-order valence-corrected chi connectivity index (χ0v) is 7.31. The second kappa shape index (κ2) is 3.00. The molecule has 0 spiro atoms. The van der Waals surface area contributed by atoms with E-state index in [1.165, 1.54) is 11.3 Å². The number of aryl methyl sites for hydroxylation is 1. The van der Waals surface area contributed by atoms with E-state index in [2.05, 4.69) is 4.98 Å². The van der Waals surface area contributed by atoms with Crippen LogP contribution >= 0.6 is 11.3 Å². The van der Waals surface area contributed by atoms with Gasteiger partial charge in [0.1, 0.15) is 6.29 Å². The van der Waals surface area contributed by atoms with E-state index in [0.717, 1.165) is 16.9 Å². The van der Waals surface area contributed by atoms with E-state index >= 15 is 0 Å². The predicted molar refractivity (Wildman–Crippen MR) is 45.7 cm³/mol. The van der Waals surface area contributed by atoms with Crippen LogP contribution in [0.3, 0.4) is 0 Å². The van der Waals surface area contributed by atoms with Crippen molar-refractivity contribution in [2.45, 2.75) is 19.8 Å². The van der Waals surface area contributed by atoms with E-state index in [0.29, 0.717) is 5.13 Å². The molecule has 0 saturated heterocycles. The zero-order chi connectivity index (χ0) is 8.43. The summed E-state index contributed by atoms with van der Waals surface area (Å²) in [6, 6.07) is 0. The number of carbonyl (C=O) groups is 1. The number of aromatic nitrogens is 1. The summed E-state index contributed by atoms with van der Waals surface area (Å²) in [4.78, 5) is 15.4. The Hall–Kier alpha value is -0.900. The van der Waals surface area contributed by atoms with Crippen LogP contribution < -0.4 is 5.73 Å². The van der Waals surface area contributed by atoms with Gasteiger partial charge in [-0.25, -0.2) is 4.98 Å². The number of carbonyl (C=O) groups excluding carboxylic acids is 1. The van der Waals surface area contributed by atoms with Crippen LogP contribution in [0, 0.1) is 6.92 Å². The van der Waals surface area contributed by atoms with E-state index in [1.807, 2.05) is 13.8 Å². The Morgan fingerprint density at radius 2 is 2.36 bits per heavy atom. The summed E-state index contributed by atoms with van der Waals surface area (Å²) in [5.41, 5.74) is 6.33. The van der Waals surface area contributed by atoms with Crippen LogP contribution in [-0.2, 0) is 4.79 Å². The molecule has 1 aromatic heterocycles. The maximum absolute atomic E-state index is 10.4. The summed E-state index contributed by atoms with van der Waals surface area (Å²) < 4.78 is 0. The largest absolute Gasteiger partial charge is 0.375 e. The Morgan fingerprint density at radius 3 is 2.73 bits per heavy atom. The molecule has 0 radical (unpaired) electrons. The van der Waals surface area contributed by atoms with Crippen LogP contribution in [0.5, 0.6) is 0 Å². The van der Waals surface area contributed by atoms with Crippen LogP contribution in [0.25, 0.3) is 0 Å². The van der Waals surface area contributed by atoms with Gasteiger partial charge in [-0.3, -0.25) is 0 Å². The Bertz CT molecular complexity index is 269. The number of nitrogen functional groups attached to an aromatic ring is 1. The fraction of sp³-hybridized carbons (Fsp3) is 0.429. The third kappa shape index (κ3) is 1.57. The summed E-state index contributed by atoms with van der Waals surface area (Å²) in [7, 11) is 0. The topological polar surface area (TPSA) is 56.0 Å². The van der Waals surface area contributed by atoms with Crippen molar-refractivity contribution in [1.82, 2.24) is 4.98 Å². The number of thiazole rings is 1. The summed E-state index contributed by atoms with van der Waals surface area (Å²) in [5, 5.41) is 0.534. The number of nitrogens with zero attached hydrogens (tertiary/aromatic N) is 1. The molecule has 1 heterocycles. The molecule has 0 fully saturated rings. The Balaban J connectivity index is 3.02. The third-order valence-corrected chi connectivity index (χ3v) is 2.65. The number of rotatable bonds is 2. The first kappa shape index (κ1) is 8.20. The van der Waals surface area contributed by atoms with Crippen molar-refractivity contribution in [2.24, 2.45) is 0 Å². The normalized spacial score (nSPS) is 12.9. The van der Waals surface area contributed by atoms with E-state index < -0.39 is 0 Å². The van der Waals surface area contributed by atoms with E-state index in [9.17, 15) is 4.79 Å². The minimum Gasteiger partial charge on any atom is -0.375 e. The fourth-order valence-corrected chi connectivity index (χ4v) is 1.76. The lowest BCUT2D eigenvalue weighted by molar-refractivity contribution is -0.108. The zero-order valence-electron chi connectivity index (χ0n) is 6.50. The van der Waals surface area contributed by atoms with Crippen molar-refractivity contribution in [3.05, 3.63) is 10.6 Å². The molecule has 60 valence electrons. The number of anilines is 1. The lowest BCUT2D eigenvalue weighted by Crippen LogP contribution is -1.92. The maximum atomic E-state index is 10.4. The molecule has 0 aliphatic carbocycles. The van der Waals surface area contributed by atoms with Crippen molar-refractivity contribution in [3.63, 3.8) is 0 Å². The van der Waals surface area contributed by atoms with Gasteiger partial charge >= 0.3 is 0 Å². The van der Waals surface area contributed by atoms with Gasteiger partial charge in [0.25, 0.3) is 0 Å². The SMILES string of the molecule is Cc1nc(N)sc1C(C)C=O. The molecular weight excluding hydrogens is 160 g/mol. The molecule has 1 aromatic rings. The number of aldehydes is 1. The standard InChI is InChI=1S/C7H10N2OS/c1-4(3-10)6-5(2)9-7(8)11-6/h3-4H,1-2H3,(H2,8,9). The number of hydrogen-bond acceptors (Lipinski definition) is 4. The van der Waals surface area contributed by atoms with E-state index in [4.69, 9.17) is 5.73 Å². The molecular formula is C7H10N2OS. The molecule has 0 amide bonds. The van der Waals surface area contributed by atoms with Gasteiger partial charge in [0.15, 0.2) is 5.13 Å². The van der Waals surface area contributed by atoms with Gasteiger partial charge in [-0.15, -0.1) is 11.3 Å². The number of nitrogens with two attached hydrogens (primary N) is 1. The summed E-state index contributed by atoms with van der Waals surface area (Å²) in [6.07, 6.45) is 0.903.